The van der Waals surface area contributed by atoms with E-state index in [1.807, 2.05) is 70.7 Å². The van der Waals surface area contributed by atoms with Gasteiger partial charge in [0.2, 0.25) is 0 Å². The second-order valence-corrected chi connectivity index (χ2v) is 8.26. The molecule has 29 heavy (non-hydrogen) atoms. The molecule has 0 heterocycles. The van der Waals surface area contributed by atoms with Gasteiger partial charge in [-0.25, -0.2) is 10.0 Å². The summed E-state index contributed by atoms with van der Waals surface area (Å²) in [5.74, 6) is -0.0963. The Hall–Kier alpha value is -2.62. The second kappa shape index (κ2) is 9.25. The van der Waals surface area contributed by atoms with Gasteiger partial charge in [-0.05, 0) is 49.9 Å². The summed E-state index contributed by atoms with van der Waals surface area (Å²) in [6.45, 7) is 0. The molecule has 0 atom stereocenters. The minimum Gasteiger partial charge on any atom is -0.267 e. The zero-order valence-electron chi connectivity index (χ0n) is 17.0. The van der Waals surface area contributed by atoms with E-state index in [4.69, 9.17) is 0 Å². The van der Waals surface area contributed by atoms with Crippen LogP contribution in [0.1, 0.15) is 78.5 Å². The van der Waals surface area contributed by atoms with Crippen LogP contribution in [0.25, 0.3) is 0 Å². The van der Waals surface area contributed by atoms with Crippen molar-refractivity contribution in [3.05, 3.63) is 71.8 Å². The summed E-state index contributed by atoms with van der Waals surface area (Å²) in [4.78, 5) is 27.4. The predicted molar refractivity (Wildman–Crippen MR) is 114 cm³/mol. The molecule has 2 aromatic carbocycles. The highest BCUT2D eigenvalue weighted by atomic mass is 16.2. The first-order valence-electron chi connectivity index (χ1n) is 11.0. The Morgan fingerprint density at radius 1 is 0.552 bits per heavy atom. The molecule has 2 aliphatic carbocycles. The summed E-state index contributed by atoms with van der Waals surface area (Å²) in [6.07, 6.45) is 9.51. The van der Waals surface area contributed by atoms with Crippen LogP contribution in [-0.2, 0) is 0 Å². The van der Waals surface area contributed by atoms with Gasteiger partial charge in [0.25, 0.3) is 11.8 Å². The first-order valence-corrected chi connectivity index (χ1v) is 11.0. The van der Waals surface area contributed by atoms with Crippen LogP contribution in [0.5, 0.6) is 0 Å². The molecule has 0 aliphatic heterocycles. The lowest BCUT2D eigenvalue weighted by Crippen LogP contribution is -2.58. The molecule has 0 bridgehead atoms. The number of hydrogen-bond acceptors (Lipinski definition) is 2. The van der Waals surface area contributed by atoms with Gasteiger partial charge in [-0.15, -0.1) is 0 Å². The van der Waals surface area contributed by atoms with E-state index in [1.54, 1.807) is 0 Å². The van der Waals surface area contributed by atoms with Crippen LogP contribution < -0.4 is 0 Å². The molecule has 0 spiro atoms. The maximum atomic E-state index is 13.7. The predicted octanol–water partition coefficient (Wildman–Crippen LogP) is 5.46. The van der Waals surface area contributed by atoms with Gasteiger partial charge in [0.05, 0.1) is 12.1 Å². The van der Waals surface area contributed by atoms with E-state index >= 15 is 0 Å². The van der Waals surface area contributed by atoms with Gasteiger partial charge in [0.1, 0.15) is 0 Å². The van der Waals surface area contributed by atoms with E-state index in [2.05, 4.69) is 0 Å². The highest BCUT2D eigenvalue weighted by molar-refractivity contribution is 5.99. The number of nitrogens with zero attached hydrogens (tertiary/aromatic N) is 2. The molecule has 2 fully saturated rings. The Morgan fingerprint density at radius 2 is 0.897 bits per heavy atom. The lowest BCUT2D eigenvalue weighted by Gasteiger charge is -2.44. The smallest absolute Gasteiger partial charge is 0.267 e. The summed E-state index contributed by atoms with van der Waals surface area (Å²) in [5, 5.41) is 3.69. The van der Waals surface area contributed by atoms with Crippen LogP contribution in [0, 0.1) is 0 Å². The SMILES string of the molecule is O=C(c1ccccc1)N(C1CCCCC1)N(C(=O)c1ccccc1)C1CCCC1. The molecule has 152 valence electrons. The molecule has 4 heteroatoms. The third-order valence-electron chi connectivity index (χ3n) is 6.28. The van der Waals surface area contributed by atoms with Crippen molar-refractivity contribution in [2.24, 2.45) is 0 Å². The standard InChI is InChI=1S/C25H30N2O2/c28-24(20-12-4-1-5-13-20)26(22-16-8-3-9-17-22)27(23-18-10-11-19-23)25(29)21-14-6-2-7-15-21/h1-2,4-7,12-15,22-23H,3,8-11,16-19H2. The van der Waals surface area contributed by atoms with Crippen LogP contribution in [0.15, 0.2) is 60.7 Å². The van der Waals surface area contributed by atoms with Gasteiger partial charge in [0, 0.05) is 11.1 Å². The first-order chi connectivity index (χ1) is 14.3. The van der Waals surface area contributed by atoms with Gasteiger partial charge >= 0.3 is 0 Å². The quantitative estimate of drug-likeness (QED) is 0.650. The zero-order chi connectivity index (χ0) is 20.1. The fourth-order valence-electron chi connectivity index (χ4n) is 4.78. The van der Waals surface area contributed by atoms with Gasteiger partial charge in [-0.2, -0.15) is 0 Å². The Balaban J connectivity index is 1.74. The van der Waals surface area contributed by atoms with Gasteiger partial charge < -0.3 is 0 Å². The minimum atomic E-state index is -0.0487. The van der Waals surface area contributed by atoms with Crippen LogP contribution in [0.2, 0.25) is 0 Å². The summed E-state index contributed by atoms with van der Waals surface area (Å²) < 4.78 is 0. The molecule has 4 rings (SSSR count). The Kier molecular flexibility index (Phi) is 6.28. The normalized spacial score (nSPS) is 17.8. The third kappa shape index (κ3) is 4.36. The summed E-state index contributed by atoms with van der Waals surface area (Å²) >= 11 is 0. The van der Waals surface area contributed by atoms with E-state index in [1.165, 1.54) is 6.42 Å². The summed E-state index contributed by atoms with van der Waals surface area (Å²) in [5.41, 5.74) is 1.31. The molecule has 0 aromatic heterocycles. The fourth-order valence-corrected chi connectivity index (χ4v) is 4.78. The van der Waals surface area contributed by atoms with Crippen molar-refractivity contribution in [3.8, 4) is 0 Å². The maximum absolute atomic E-state index is 13.7. The zero-order valence-corrected chi connectivity index (χ0v) is 17.0. The number of hydrazine groups is 1. The number of amides is 2. The molecule has 2 aromatic rings. The van der Waals surface area contributed by atoms with Gasteiger partial charge in [-0.3, -0.25) is 9.59 Å². The molecular weight excluding hydrogens is 360 g/mol. The van der Waals surface area contributed by atoms with Crippen molar-refractivity contribution in [1.82, 2.24) is 10.0 Å². The minimum absolute atomic E-state index is 0.0475. The Labute approximate surface area is 173 Å². The fraction of sp³-hybridized carbons (Fsp3) is 0.440. The Morgan fingerprint density at radius 3 is 1.28 bits per heavy atom. The van der Waals surface area contributed by atoms with Gasteiger partial charge in [0.15, 0.2) is 0 Å². The molecule has 0 saturated heterocycles. The van der Waals surface area contributed by atoms with E-state index in [-0.39, 0.29) is 23.9 Å². The van der Waals surface area contributed by atoms with E-state index in [0.29, 0.717) is 11.1 Å². The van der Waals surface area contributed by atoms with Crippen LogP contribution >= 0.6 is 0 Å². The molecule has 2 aliphatic rings. The molecule has 0 radical (unpaired) electrons. The van der Waals surface area contributed by atoms with Crippen LogP contribution in [-0.4, -0.2) is 33.9 Å². The number of benzene rings is 2. The van der Waals surface area contributed by atoms with Crippen molar-refractivity contribution in [2.75, 3.05) is 0 Å². The number of hydrogen-bond donors (Lipinski definition) is 0. The molecule has 2 saturated carbocycles. The third-order valence-corrected chi connectivity index (χ3v) is 6.28. The van der Waals surface area contributed by atoms with Crippen molar-refractivity contribution >= 4 is 11.8 Å². The van der Waals surface area contributed by atoms with E-state index < -0.39 is 0 Å². The Bertz CT molecular complexity index is 809. The first kappa shape index (κ1) is 19.7. The molecule has 0 unspecified atom stereocenters. The lowest BCUT2D eigenvalue weighted by atomic mass is 9.94. The largest absolute Gasteiger partial charge is 0.272 e. The second-order valence-electron chi connectivity index (χ2n) is 8.26. The van der Waals surface area contributed by atoms with E-state index in [9.17, 15) is 9.59 Å². The van der Waals surface area contributed by atoms with Crippen molar-refractivity contribution in [1.29, 1.82) is 0 Å². The monoisotopic (exact) mass is 390 g/mol. The molecule has 2 amide bonds. The van der Waals surface area contributed by atoms with Crippen LogP contribution in [0.4, 0.5) is 0 Å². The average Bonchev–Trinajstić information content (AvgIpc) is 3.33. The molecule has 4 nitrogen and oxygen atoms in total. The maximum Gasteiger partial charge on any atom is 0.272 e. The molecular formula is C25H30N2O2. The highest BCUT2D eigenvalue weighted by Crippen LogP contribution is 2.32. The number of carbonyl (C=O) groups excluding carboxylic acids is 2. The van der Waals surface area contributed by atoms with Crippen molar-refractivity contribution in [3.63, 3.8) is 0 Å². The van der Waals surface area contributed by atoms with E-state index in [0.717, 1.165) is 51.4 Å². The number of carbonyl (C=O) groups is 2. The lowest BCUT2D eigenvalue weighted by molar-refractivity contribution is -0.0497. The average molecular weight is 391 g/mol. The topological polar surface area (TPSA) is 40.6 Å². The molecule has 0 N–H and O–H groups in total. The summed E-state index contributed by atoms with van der Waals surface area (Å²) in [7, 11) is 0. The van der Waals surface area contributed by atoms with Gasteiger partial charge in [-0.1, -0.05) is 68.5 Å². The number of rotatable bonds is 4. The summed E-state index contributed by atoms with van der Waals surface area (Å²) in [6, 6.07) is 19.0. The van der Waals surface area contributed by atoms with Crippen molar-refractivity contribution in [2.45, 2.75) is 69.9 Å². The van der Waals surface area contributed by atoms with Crippen LogP contribution in [0.3, 0.4) is 0 Å². The highest BCUT2D eigenvalue weighted by Gasteiger charge is 2.39. The van der Waals surface area contributed by atoms with Crippen molar-refractivity contribution < 1.29 is 9.59 Å².